The molecule has 1 unspecified atom stereocenters. The van der Waals surface area contributed by atoms with Crippen LogP contribution in [0.5, 0.6) is 0 Å². The molecule has 0 spiro atoms. The number of aromatic nitrogens is 1. The van der Waals surface area contributed by atoms with Gasteiger partial charge in [0.2, 0.25) is 0 Å². The SMILES string of the molecule is COC(=O)c1c(N)nsc1NC(C)CN(C)C. The number of methoxy groups -OCH3 is 1. The summed E-state index contributed by atoms with van der Waals surface area (Å²) in [5.74, 6) is -0.253. The fourth-order valence-corrected chi connectivity index (χ4v) is 2.33. The van der Waals surface area contributed by atoms with Crippen LogP contribution in [0.3, 0.4) is 0 Å². The van der Waals surface area contributed by atoms with Gasteiger partial charge in [0, 0.05) is 12.6 Å². The zero-order valence-electron chi connectivity index (χ0n) is 10.5. The summed E-state index contributed by atoms with van der Waals surface area (Å²) in [6, 6.07) is 0.188. The molecule has 0 aliphatic rings. The molecule has 6 nitrogen and oxygen atoms in total. The number of carbonyl (C=O) groups is 1. The molecule has 0 saturated carbocycles. The molecule has 0 fully saturated rings. The molecule has 0 aromatic carbocycles. The van der Waals surface area contributed by atoms with E-state index in [9.17, 15) is 4.79 Å². The van der Waals surface area contributed by atoms with Gasteiger partial charge >= 0.3 is 5.97 Å². The second-order valence-electron chi connectivity index (χ2n) is 4.07. The summed E-state index contributed by atoms with van der Waals surface area (Å²) in [7, 11) is 5.30. The monoisotopic (exact) mass is 258 g/mol. The third kappa shape index (κ3) is 3.57. The molecule has 1 rings (SSSR count). The van der Waals surface area contributed by atoms with Gasteiger partial charge in [0.1, 0.15) is 10.6 Å². The maximum atomic E-state index is 11.5. The standard InChI is InChI=1S/C10H18N4O2S/c1-6(5-14(2)3)12-9-7(10(15)16-4)8(11)13-17-9/h6,12H,5H2,1-4H3,(H2,11,13). The number of nitrogens with zero attached hydrogens (tertiary/aromatic N) is 2. The topological polar surface area (TPSA) is 80.5 Å². The summed E-state index contributed by atoms with van der Waals surface area (Å²) < 4.78 is 8.64. The molecular formula is C10H18N4O2S. The number of nitrogens with two attached hydrogens (primary N) is 1. The van der Waals surface area contributed by atoms with Crippen molar-refractivity contribution in [1.29, 1.82) is 0 Å². The number of nitrogens with one attached hydrogen (secondary N) is 1. The summed E-state index contributed by atoms with van der Waals surface area (Å²) >= 11 is 1.17. The Balaban J connectivity index is 2.81. The van der Waals surface area contributed by atoms with E-state index in [1.54, 1.807) is 0 Å². The minimum absolute atomic E-state index is 0.188. The number of hydrogen-bond acceptors (Lipinski definition) is 7. The highest BCUT2D eigenvalue weighted by Crippen LogP contribution is 2.27. The fraction of sp³-hybridized carbons (Fsp3) is 0.600. The average Bonchev–Trinajstić information content (AvgIpc) is 2.57. The van der Waals surface area contributed by atoms with Crippen molar-refractivity contribution >= 4 is 28.3 Å². The minimum atomic E-state index is -0.462. The first-order valence-corrected chi connectivity index (χ1v) is 5.97. The van der Waals surface area contributed by atoms with Gasteiger partial charge in [-0.2, -0.15) is 4.37 Å². The van der Waals surface area contributed by atoms with Gasteiger partial charge in [0.05, 0.1) is 7.11 Å². The number of carbonyl (C=O) groups excluding carboxylic acids is 1. The van der Waals surface area contributed by atoms with E-state index < -0.39 is 5.97 Å². The number of anilines is 2. The lowest BCUT2D eigenvalue weighted by molar-refractivity contribution is 0.0603. The summed E-state index contributed by atoms with van der Waals surface area (Å²) in [5.41, 5.74) is 5.97. The second-order valence-corrected chi connectivity index (χ2v) is 4.84. The van der Waals surface area contributed by atoms with Crippen molar-refractivity contribution in [3.63, 3.8) is 0 Å². The maximum absolute atomic E-state index is 11.5. The molecule has 3 N–H and O–H groups in total. The van der Waals surface area contributed by atoms with Crippen molar-refractivity contribution in [3.05, 3.63) is 5.56 Å². The normalized spacial score (nSPS) is 12.5. The van der Waals surface area contributed by atoms with E-state index in [0.717, 1.165) is 6.54 Å². The molecule has 1 heterocycles. The molecule has 0 aliphatic carbocycles. The van der Waals surface area contributed by atoms with Crippen LogP contribution >= 0.6 is 11.5 Å². The molecule has 0 bridgehead atoms. The molecule has 0 saturated heterocycles. The maximum Gasteiger partial charge on any atom is 0.344 e. The van der Waals surface area contributed by atoms with Crippen molar-refractivity contribution in [1.82, 2.24) is 9.27 Å². The van der Waals surface area contributed by atoms with Crippen LogP contribution in [0.4, 0.5) is 10.8 Å². The Bertz CT molecular complexity index is 392. The van der Waals surface area contributed by atoms with Crippen LogP contribution in [-0.4, -0.2) is 49.0 Å². The van der Waals surface area contributed by atoms with Gasteiger partial charge in [-0.1, -0.05) is 0 Å². The van der Waals surface area contributed by atoms with Gasteiger partial charge in [0.15, 0.2) is 5.82 Å². The highest BCUT2D eigenvalue weighted by Gasteiger charge is 2.21. The second kappa shape index (κ2) is 5.83. The van der Waals surface area contributed by atoms with E-state index in [1.165, 1.54) is 18.6 Å². The Hall–Kier alpha value is -1.34. The van der Waals surface area contributed by atoms with Gasteiger partial charge in [0.25, 0.3) is 0 Å². The lowest BCUT2D eigenvalue weighted by Gasteiger charge is -2.18. The largest absolute Gasteiger partial charge is 0.465 e. The van der Waals surface area contributed by atoms with Crippen molar-refractivity contribution in [2.75, 3.05) is 38.8 Å². The fourth-order valence-electron chi connectivity index (χ4n) is 1.52. The Kier molecular flexibility index (Phi) is 4.71. The predicted octanol–water partition coefficient (Wildman–Crippen LogP) is 0.874. The number of likely N-dealkylation sites (N-methyl/N-ethyl adjacent to an activating group) is 1. The van der Waals surface area contributed by atoms with Crippen molar-refractivity contribution in [3.8, 4) is 0 Å². The molecule has 96 valence electrons. The van der Waals surface area contributed by atoms with Crippen LogP contribution in [0.15, 0.2) is 0 Å². The van der Waals surface area contributed by atoms with Crippen LogP contribution in [0.1, 0.15) is 17.3 Å². The minimum Gasteiger partial charge on any atom is -0.465 e. The molecule has 0 aliphatic heterocycles. The Morgan fingerprint density at radius 3 is 2.82 bits per heavy atom. The zero-order chi connectivity index (χ0) is 13.0. The number of rotatable bonds is 5. The van der Waals surface area contributed by atoms with E-state index in [-0.39, 0.29) is 11.9 Å². The van der Waals surface area contributed by atoms with Crippen LogP contribution in [0, 0.1) is 0 Å². The molecule has 1 atom stereocenters. The van der Waals surface area contributed by atoms with E-state index >= 15 is 0 Å². The van der Waals surface area contributed by atoms with Crippen LogP contribution in [0.2, 0.25) is 0 Å². The lowest BCUT2D eigenvalue weighted by Crippen LogP contribution is -2.29. The third-order valence-electron chi connectivity index (χ3n) is 2.12. The number of esters is 1. The quantitative estimate of drug-likeness (QED) is 0.763. The van der Waals surface area contributed by atoms with Gasteiger partial charge < -0.3 is 20.7 Å². The van der Waals surface area contributed by atoms with E-state index in [4.69, 9.17) is 5.73 Å². The van der Waals surface area contributed by atoms with E-state index in [0.29, 0.717) is 10.6 Å². The first-order chi connectivity index (χ1) is 7.95. The highest BCUT2D eigenvalue weighted by atomic mass is 32.1. The summed E-state index contributed by atoms with van der Waals surface area (Å²) in [5, 5.41) is 3.87. The number of ether oxygens (including phenoxy) is 1. The van der Waals surface area contributed by atoms with Gasteiger partial charge in [-0.3, -0.25) is 0 Å². The van der Waals surface area contributed by atoms with Gasteiger partial charge in [-0.15, -0.1) is 0 Å². The Morgan fingerprint density at radius 1 is 1.65 bits per heavy atom. The lowest BCUT2D eigenvalue weighted by atomic mass is 10.2. The van der Waals surface area contributed by atoms with Crippen molar-refractivity contribution in [2.24, 2.45) is 0 Å². The predicted molar refractivity (Wildman–Crippen MR) is 69.5 cm³/mol. The van der Waals surface area contributed by atoms with Crippen LogP contribution < -0.4 is 11.1 Å². The Morgan fingerprint density at radius 2 is 2.29 bits per heavy atom. The molecule has 17 heavy (non-hydrogen) atoms. The van der Waals surface area contributed by atoms with Gasteiger partial charge in [-0.05, 0) is 32.6 Å². The molecular weight excluding hydrogens is 240 g/mol. The number of nitrogen functional groups attached to an aromatic ring is 1. The summed E-state index contributed by atoms with van der Waals surface area (Å²) in [6.07, 6.45) is 0. The summed E-state index contributed by atoms with van der Waals surface area (Å²) in [6.45, 7) is 2.87. The van der Waals surface area contributed by atoms with Crippen molar-refractivity contribution in [2.45, 2.75) is 13.0 Å². The molecule has 1 aromatic heterocycles. The molecule has 7 heteroatoms. The molecule has 0 radical (unpaired) electrons. The van der Waals surface area contributed by atoms with Crippen molar-refractivity contribution < 1.29 is 9.53 Å². The summed E-state index contributed by atoms with van der Waals surface area (Å²) in [4.78, 5) is 13.6. The van der Waals surface area contributed by atoms with Crippen LogP contribution in [0.25, 0.3) is 0 Å². The van der Waals surface area contributed by atoms with E-state index in [1.807, 2.05) is 21.0 Å². The highest BCUT2D eigenvalue weighted by molar-refractivity contribution is 7.11. The first-order valence-electron chi connectivity index (χ1n) is 5.20. The third-order valence-corrected chi connectivity index (χ3v) is 2.92. The smallest absolute Gasteiger partial charge is 0.344 e. The Labute approximate surface area is 105 Å². The zero-order valence-corrected chi connectivity index (χ0v) is 11.3. The first kappa shape index (κ1) is 13.7. The van der Waals surface area contributed by atoms with E-state index in [2.05, 4.69) is 19.3 Å². The average molecular weight is 258 g/mol. The molecule has 1 aromatic rings. The molecule has 0 amide bonds. The van der Waals surface area contributed by atoms with Crippen LogP contribution in [-0.2, 0) is 4.74 Å². The number of hydrogen-bond donors (Lipinski definition) is 2. The van der Waals surface area contributed by atoms with Gasteiger partial charge in [-0.25, -0.2) is 4.79 Å².